The first-order chi connectivity index (χ1) is 8.72. The van der Waals surface area contributed by atoms with Crippen LogP contribution in [0, 0.1) is 0 Å². The molecule has 100 valence electrons. The molecule has 0 aliphatic rings. The maximum Gasteiger partial charge on any atom is 0.370 e. The molecule has 3 nitrogen and oxygen atoms in total. The number of rotatable bonds is 7. The predicted octanol–water partition coefficient (Wildman–Crippen LogP) is 3.96. The molecule has 0 heterocycles. The Morgan fingerprint density at radius 3 is 2.72 bits per heavy atom. The van der Waals surface area contributed by atoms with Crippen molar-refractivity contribution in [3.05, 3.63) is 35.9 Å². The lowest BCUT2D eigenvalue weighted by atomic mass is 10.2. The van der Waals surface area contributed by atoms with E-state index in [1.54, 1.807) is 0 Å². The van der Waals surface area contributed by atoms with Gasteiger partial charge >= 0.3 is 5.30 Å². The van der Waals surface area contributed by atoms with Crippen molar-refractivity contribution in [2.24, 2.45) is 0 Å². The monoisotopic (exact) mass is 268 g/mol. The van der Waals surface area contributed by atoms with Crippen LogP contribution in [0.4, 0.5) is 4.79 Å². The molecule has 0 saturated carbocycles. The average molecular weight is 268 g/mol. The van der Waals surface area contributed by atoms with E-state index in [0.29, 0.717) is 6.42 Å². The number of benzene rings is 1. The topological polar surface area (TPSA) is 46.5 Å². The highest BCUT2D eigenvalue weighted by molar-refractivity contribution is 8.13. The van der Waals surface area contributed by atoms with Crippen molar-refractivity contribution in [1.29, 1.82) is 0 Å². The summed E-state index contributed by atoms with van der Waals surface area (Å²) in [5.41, 5.74) is 0.298. The van der Waals surface area contributed by atoms with E-state index in [0.717, 1.165) is 36.6 Å². The van der Waals surface area contributed by atoms with E-state index in [2.05, 4.69) is 6.92 Å². The lowest BCUT2D eigenvalue weighted by Gasteiger charge is -2.09. The zero-order valence-electron chi connectivity index (χ0n) is 10.7. The van der Waals surface area contributed by atoms with Crippen LogP contribution in [0.1, 0.15) is 38.2 Å². The molecule has 4 heteroatoms. The Bertz CT molecular complexity index is 340. The van der Waals surface area contributed by atoms with Crippen molar-refractivity contribution < 1.29 is 14.6 Å². The van der Waals surface area contributed by atoms with Gasteiger partial charge in [-0.3, -0.25) is 0 Å². The summed E-state index contributed by atoms with van der Waals surface area (Å²) in [6.45, 7) is 2.36. The smallest absolute Gasteiger partial charge is 0.370 e. The van der Waals surface area contributed by atoms with E-state index in [9.17, 15) is 9.90 Å². The molecule has 0 saturated heterocycles. The van der Waals surface area contributed by atoms with Gasteiger partial charge in [0.1, 0.15) is 12.0 Å². The summed E-state index contributed by atoms with van der Waals surface area (Å²) in [7, 11) is 0. The van der Waals surface area contributed by atoms with Crippen LogP contribution < -0.4 is 0 Å². The van der Waals surface area contributed by atoms with Gasteiger partial charge in [-0.1, -0.05) is 56.5 Å². The highest BCUT2D eigenvalue weighted by Crippen LogP contribution is 2.18. The minimum Gasteiger partial charge on any atom is -0.453 e. The quantitative estimate of drug-likeness (QED) is 0.462. The number of hydrogen-bond acceptors (Lipinski definition) is 4. The second-order valence-electron chi connectivity index (χ2n) is 4.09. The first kappa shape index (κ1) is 15.1. The third-order valence-electron chi connectivity index (χ3n) is 2.49. The number of aliphatic hydroxyl groups is 1. The Labute approximate surface area is 113 Å². The summed E-state index contributed by atoms with van der Waals surface area (Å²) >= 11 is 0.864. The third kappa shape index (κ3) is 6.67. The largest absolute Gasteiger partial charge is 0.453 e. The van der Waals surface area contributed by atoms with E-state index >= 15 is 0 Å². The molecule has 1 unspecified atom stereocenters. The second-order valence-corrected chi connectivity index (χ2v) is 5.21. The minimum absolute atomic E-state index is 0.258. The number of aliphatic hydroxyl groups excluding tert-OH is 1. The Kier molecular flexibility index (Phi) is 7.53. The van der Waals surface area contributed by atoms with Gasteiger partial charge in [0.2, 0.25) is 0 Å². The van der Waals surface area contributed by atoms with Crippen molar-refractivity contribution in [2.45, 2.75) is 44.6 Å². The minimum atomic E-state index is -0.653. The molecule has 1 N–H and O–H groups in total. The lowest BCUT2D eigenvalue weighted by Crippen LogP contribution is -2.07. The Hall–Kier alpha value is -1.00. The van der Waals surface area contributed by atoms with Gasteiger partial charge in [0.05, 0.1) is 0 Å². The van der Waals surface area contributed by atoms with Crippen molar-refractivity contribution in [1.82, 2.24) is 0 Å². The molecule has 1 aromatic rings. The van der Waals surface area contributed by atoms with Crippen LogP contribution >= 0.6 is 11.8 Å². The zero-order valence-corrected chi connectivity index (χ0v) is 11.5. The molecule has 1 atom stereocenters. The average Bonchev–Trinajstić information content (AvgIpc) is 2.38. The highest BCUT2D eigenvalue weighted by atomic mass is 32.2. The molecule has 0 aromatic heterocycles. The molecule has 0 aliphatic carbocycles. The number of hydrogen-bond donors (Lipinski definition) is 1. The first-order valence-electron chi connectivity index (χ1n) is 6.27. The Morgan fingerprint density at radius 2 is 2.06 bits per heavy atom. The Balaban J connectivity index is 2.17. The molecule has 1 aromatic carbocycles. The molecule has 1 rings (SSSR count). The van der Waals surface area contributed by atoms with Gasteiger partial charge in [-0.2, -0.15) is 0 Å². The fraction of sp³-hybridized carbons (Fsp3) is 0.500. The fourth-order valence-corrected chi connectivity index (χ4v) is 2.12. The molecular weight excluding hydrogens is 248 g/mol. The molecule has 0 fully saturated rings. The van der Waals surface area contributed by atoms with E-state index in [1.807, 2.05) is 30.3 Å². The van der Waals surface area contributed by atoms with Crippen LogP contribution in [0.2, 0.25) is 0 Å². The van der Waals surface area contributed by atoms with Crippen LogP contribution in [-0.2, 0) is 11.3 Å². The molecule has 0 radical (unpaired) electrons. The summed E-state index contributed by atoms with van der Waals surface area (Å²) in [6, 6.07) is 9.51. The summed E-state index contributed by atoms with van der Waals surface area (Å²) in [5, 5.41) is 9.19. The zero-order chi connectivity index (χ0) is 13.2. The fourth-order valence-electron chi connectivity index (χ4n) is 1.49. The van der Waals surface area contributed by atoms with E-state index < -0.39 is 10.7 Å². The van der Waals surface area contributed by atoms with E-state index in [-0.39, 0.29) is 6.61 Å². The van der Waals surface area contributed by atoms with Gasteiger partial charge in [0, 0.05) is 0 Å². The standard InChI is InChI=1S/C14H20O3S/c1-2-3-5-10-13(15)18-14(16)17-11-12-8-6-4-7-9-12/h4,6-9,13,15H,2-3,5,10-11H2,1H3. The lowest BCUT2D eigenvalue weighted by molar-refractivity contribution is 0.166. The van der Waals surface area contributed by atoms with Gasteiger partial charge < -0.3 is 9.84 Å². The van der Waals surface area contributed by atoms with E-state index in [4.69, 9.17) is 4.74 Å². The second kappa shape index (κ2) is 9.00. The number of ether oxygens (including phenoxy) is 1. The van der Waals surface area contributed by atoms with Crippen molar-refractivity contribution >= 4 is 17.1 Å². The van der Waals surface area contributed by atoms with Gasteiger partial charge in [-0.25, -0.2) is 4.79 Å². The summed E-state index contributed by atoms with van der Waals surface area (Å²) in [6.07, 6.45) is 3.77. The summed E-state index contributed by atoms with van der Waals surface area (Å²) in [4.78, 5) is 11.4. The molecule has 18 heavy (non-hydrogen) atoms. The van der Waals surface area contributed by atoms with E-state index in [1.165, 1.54) is 0 Å². The van der Waals surface area contributed by atoms with Gasteiger partial charge in [-0.05, 0) is 23.7 Å². The molecular formula is C14H20O3S. The van der Waals surface area contributed by atoms with Crippen molar-refractivity contribution in [3.8, 4) is 0 Å². The normalized spacial score (nSPS) is 12.1. The van der Waals surface area contributed by atoms with Gasteiger partial charge in [0.15, 0.2) is 0 Å². The number of carbonyl (C=O) groups excluding carboxylic acids is 1. The number of carbonyl (C=O) groups is 1. The molecule has 0 bridgehead atoms. The maximum absolute atomic E-state index is 11.4. The SMILES string of the molecule is CCCCCC(O)SC(=O)OCc1ccccc1. The summed E-state index contributed by atoms with van der Waals surface area (Å²) < 4.78 is 5.07. The van der Waals surface area contributed by atoms with Crippen LogP contribution in [0.15, 0.2) is 30.3 Å². The highest BCUT2D eigenvalue weighted by Gasteiger charge is 2.12. The predicted molar refractivity (Wildman–Crippen MR) is 74.4 cm³/mol. The van der Waals surface area contributed by atoms with Crippen LogP contribution in [-0.4, -0.2) is 15.8 Å². The van der Waals surface area contributed by atoms with Crippen LogP contribution in [0.25, 0.3) is 0 Å². The Morgan fingerprint density at radius 1 is 1.33 bits per heavy atom. The molecule has 0 amide bonds. The summed E-state index contributed by atoms with van der Waals surface area (Å²) in [5.74, 6) is 0. The van der Waals surface area contributed by atoms with Crippen LogP contribution in [0.3, 0.4) is 0 Å². The van der Waals surface area contributed by atoms with Gasteiger partial charge in [-0.15, -0.1) is 0 Å². The number of thioether (sulfide) groups is 1. The van der Waals surface area contributed by atoms with Crippen molar-refractivity contribution in [2.75, 3.05) is 0 Å². The first-order valence-corrected chi connectivity index (χ1v) is 7.15. The molecule has 0 spiro atoms. The third-order valence-corrected chi connectivity index (χ3v) is 3.30. The number of unbranched alkanes of at least 4 members (excludes halogenated alkanes) is 2. The maximum atomic E-state index is 11.4. The van der Waals surface area contributed by atoms with Gasteiger partial charge in [0.25, 0.3) is 0 Å². The van der Waals surface area contributed by atoms with Crippen molar-refractivity contribution in [3.63, 3.8) is 0 Å². The van der Waals surface area contributed by atoms with Crippen LogP contribution in [0.5, 0.6) is 0 Å². The molecule has 0 aliphatic heterocycles.